The predicted molar refractivity (Wildman–Crippen MR) is 34.4 cm³/mol. The van der Waals surface area contributed by atoms with Crippen molar-refractivity contribution in [3.63, 3.8) is 0 Å². The van der Waals surface area contributed by atoms with Gasteiger partial charge < -0.3 is 0 Å². The molecular formula is C4H5N3OS. The molecule has 0 saturated heterocycles. The summed E-state index contributed by atoms with van der Waals surface area (Å²) in [5.74, 6) is 0. The molecule has 0 aromatic carbocycles. The number of hydrogen-bond donors (Lipinski definition) is 0. The van der Waals surface area contributed by atoms with Crippen LogP contribution in [-0.2, 0) is 4.79 Å². The Balaban J connectivity index is 2.76. The highest BCUT2D eigenvalue weighted by Crippen LogP contribution is 2.10. The van der Waals surface area contributed by atoms with Gasteiger partial charge in [0, 0.05) is 7.05 Å². The second kappa shape index (κ2) is 2.54. The number of rotatable bonds is 2. The van der Waals surface area contributed by atoms with E-state index in [1.165, 1.54) is 16.2 Å². The van der Waals surface area contributed by atoms with Crippen LogP contribution in [0, 0.1) is 0 Å². The Morgan fingerprint density at radius 1 is 1.89 bits per heavy atom. The maximum Gasteiger partial charge on any atom is 0.215 e. The van der Waals surface area contributed by atoms with E-state index in [-0.39, 0.29) is 0 Å². The van der Waals surface area contributed by atoms with E-state index in [2.05, 4.69) is 10.2 Å². The first-order chi connectivity index (χ1) is 4.34. The van der Waals surface area contributed by atoms with Gasteiger partial charge in [0.2, 0.25) is 11.5 Å². The first-order valence-corrected chi connectivity index (χ1v) is 3.17. The fourth-order valence-corrected chi connectivity index (χ4v) is 0.858. The van der Waals surface area contributed by atoms with Crippen LogP contribution in [0.25, 0.3) is 0 Å². The summed E-state index contributed by atoms with van der Waals surface area (Å²) in [6, 6.07) is 0. The van der Waals surface area contributed by atoms with Crippen LogP contribution in [0.3, 0.4) is 0 Å². The number of amides is 1. The first kappa shape index (κ1) is 6.15. The molecule has 1 aromatic rings. The number of carbonyl (C=O) groups excluding carboxylic acids is 1. The summed E-state index contributed by atoms with van der Waals surface area (Å²) in [5.41, 5.74) is 1.58. The molecule has 0 N–H and O–H groups in total. The fraction of sp³-hybridized carbons (Fsp3) is 0.250. The Morgan fingerprint density at radius 3 is 3.11 bits per heavy atom. The molecule has 1 rings (SSSR count). The Morgan fingerprint density at radius 2 is 2.67 bits per heavy atom. The normalized spacial score (nSPS) is 9.00. The highest BCUT2D eigenvalue weighted by Gasteiger charge is 1.99. The smallest absolute Gasteiger partial charge is 0.215 e. The van der Waals surface area contributed by atoms with Gasteiger partial charge in [-0.2, -0.15) is 0 Å². The molecule has 48 valence electrons. The molecule has 0 atom stereocenters. The molecule has 1 aromatic heterocycles. The highest BCUT2D eigenvalue weighted by atomic mass is 32.1. The lowest BCUT2D eigenvalue weighted by molar-refractivity contribution is -0.107. The highest BCUT2D eigenvalue weighted by molar-refractivity contribution is 7.13. The Hall–Kier alpha value is -0.970. The zero-order valence-corrected chi connectivity index (χ0v) is 5.63. The van der Waals surface area contributed by atoms with Crippen molar-refractivity contribution >= 4 is 22.9 Å². The quantitative estimate of drug-likeness (QED) is 0.553. The average Bonchev–Trinajstić information content (AvgIpc) is 2.37. The van der Waals surface area contributed by atoms with Crippen LogP contribution in [0.15, 0.2) is 5.51 Å². The number of hydrogen-bond acceptors (Lipinski definition) is 4. The average molecular weight is 143 g/mol. The summed E-state index contributed by atoms with van der Waals surface area (Å²) in [5, 5.41) is 7.83. The molecule has 0 spiro atoms. The van der Waals surface area contributed by atoms with Gasteiger partial charge in [-0.1, -0.05) is 11.3 Å². The summed E-state index contributed by atoms with van der Waals surface area (Å²) < 4.78 is 0. The lowest BCUT2D eigenvalue weighted by Gasteiger charge is -2.01. The third-order valence-electron chi connectivity index (χ3n) is 0.808. The van der Waals surface area contributed by atoms with Gasteiger partial charge in [0.05, 0.1) is 0 Å². The van der Waals surface area contributed by atoms with Crippen molar-refractivity contribution in [3.05, 3.63) is 5.51 Å². The zero-order chi connectivity index (χ0) is 6.69. The molecule has 5 heteroatoms. The van der Waals surface area contributed by atoms with Gasteiger partial charge in [0.15, 0.2) is 0 Å². The molecule has 0 aliphatic carbocycles. The lowest BCUT2D eigenvalue weighted by Crippen LogP contribution is -2.12. The van der Waals surface area contributed by atoms with Crippen molar-refractivity contribution in [2.24, 2.45) is 0 Å². The standard InChI is InChI=1S/C4H5N3OS/c1-7(3-8)4-6-5-2-9-4/h2-3H,1H3. The number of nitrogens with zero attached hydrogens (tertiary/aromatic N) is 3. The van der Waals surface area contributed by atoms with Crippen LogP contribution < -0.4 is 4.90 Å². The van der Waals surface area contributed by atoms with Crippen LogP contribution in [0.1, 0.15) is 0 Å². The molecule has 0 aliphatic rings. The minimum atomic E-state index is 0.616. The molecule has 0 saturated carbocycles. The van der Waals surface area contributed by atoms with Crippen molar-refractivity contribution in [2.45, 2.75) is 0 Å². The summed E-state index contributed by atoms with van der Waals surface area (Å²) in [6.07, 6.45) is 0.695. The largest absolute Gasteiger partial charge is 0.292 e. The van der Waals surface area contributed by atoms with Crippen LogP contribution >= 0.6 is 11.3 Å². The van der Waals surface area contributed by atoms with Crippen molar-refractivity contribution in [1.29, 1.82) is 0 Å². The Kier molecular flexibility index (Phi) is 1.74. The Labute approximate surface area is 56.1 Å². The van der Waals surface area contributed by atoms with E-state index in [4.69, 9.17) is 0 Å². The Bertz CT molecular complexity index is 186. The maximum atomic E-state index is 10.1. The van der Waals surface area contributed by atoms with E-state index in [1.54, 1.807) is 12.6 Å². The topological polar surface area (TPSA) is 46.1 Å². The first-order valence-electron chi connectivity index (χ1n) is 2.29. The van der Waals surface area contributed by atoms with Gasteiger partial charge in [0.1, 0.15) is 5.51 Å². The van der Waals surface area contributed by atoms with Crippen LogP contribution in [-0.4, -0.2) is 23.7 Å². The van der Waals surface area contributed by atoms with Crippen LogP contribution in [0.2, 0.25) is 0 Å². The number of aromatic nitrogens is 2. The monoisotopic (exact) mass is 143 g/mol. The molecule has 0 unspecified atom stereocenters. The molecule has 4 nitrogen and oxygen atoms in total. The molecule has 0 fully saturated rings. The lowest BCUT2D eigenvalue weighted by atomic mass is 10.9. The summed E-state index contributed by atoms with van der Waals surface area (Å²) >= 11 is 1.33. The van der Waals surface area contributed by atoms with Crippen molar-refractivity contribution < 1.29 is 4.79 Å². The minimum absolute atomic E-state index is 0.616. The maximum absolute atomic E-state index is 10.1. The van der Waals surface area contributed by atoms with Crippen molar-refractivity contribution in [3.8, 4) is 0 Å². The molecule has 1 amide bonds. The second-order valence-corrected chi connectivity index (χ2v) is 2.25. The SMILES string of the molecule is CN(C=O)c1nncs1. The summed E-state index contributed by atoms with van der Waals surface area (Å²) in [6.45, 7) is 0. The summed E-state index contributed by atoms with van der Waals surface area (Å²) in [4.78, 5) is 11.4. The molecule has 0 radical (unpaired) electrons. The van der Waals surface area contributed by atoms with Gasteiger partial charge >= 0.3 is 0 Å². The fourth-order valence-electron chi connectivity index (χ4n) is 0.366. The van der Waals surface area contributed by atoms with E-state index in [0.29, 0.717) is 11.5 Å². The van der Waals surface area contributed by atoms with Crippen LogP contribution in [0.4, 0.5) is 5.13 Å². The minimum Gasteiger partial charge on any atom is -0.292 e. The van der Waals surface area contributed by atoms with Gasteiger partial charge in [-0.3, -0.25) is 9.69 Å². The van der Waals surface area contributed by atoms with Crippen molar-refractivity contribution in [1.82, 2.24) is 10.2 Å². The van der Waals surface area contributed by atoms with Gasteiger partial charge in [-0.15, -0.1) is 10.2 Å². The number of anilines is 1. The molecule has 0 bridgehead atoms. The van der Waals surface area contributed by atoms with E-state index in [1.807, 2.05) is 0 Å². The third-order valence-corrected chi connectivity index (χ3v) is 1.59. The third kappa shape index (κ3) is 1.23. The van der Waals surface area contributed by atoms with Gasteiger partial charge in [-0.25, -0.2) is 0 Å². The molecule has 1 heterocycles. The van der Waals surface area contributed by atoms with E-state index >= 15 is 0 Å². The number of carbonyl (C=O) groups is 1. The van der Waals surface area contributed by atoms with E-state index in [0.717, 1.165) is 0 Å². The van der Waals surface area contributed by atoms with E-state index < -0.39 is 0 Å². The van der Waals surface area contributed by atoms with Crippen LogP contribution in [0.5, 0.6) is 0 Å². The van der Waals surface area contributed by atoms with E-state index in [9.17, 15) is 4.79 Å². The van der Waals surface area contributed by atoms with Gasteiger partial charge in [0.25, 0.3) is 0 Å². The molecular weight excluding hydrogens is 138 g/mol. The molecule has 0 aliphatic heterocycles. The molecule has 9 heavy (non-hydrogen) atoms. The second-order valence-electron chi connectivity index (χ2n) is 1.44. The predicted octanol–water partition coefficient (Wildman–Crippen LogP) is 0.131. The van der Waals surface area contributed by atoms with Crippen molar-refractivity contribution in [2.75, 3.05) is 11.9 Å². The van der Waals surface area contributed by atoms with Gasteiger partial charge in [-0.05, 0) is 0 Å². The summed E-state index contributed by atoms with van der Waals surface area (Å²) in [7, 11) is 1.63. The zero-order valence-electron chi connectivity index (χ0n) is 4.81.